The van der Waals surface area contributed by atoms with Crippen LogP contribution in [0.5, 0.6) is 0 Å². The summed E-state index contributed by atoms with van der Waals surface area (Å²) in [5, 5.41) is 8.90. The van der Waals surface area contributed by atoms with Crippen LogP contribution >= 0.6 is 0 Å². The molecule has 4 heteroatoms. The third-order valence-electron chi connectivity index (χ3n) is 3.15. The predicted molar refractivity (Wildman–Crippen MR) is 68.6 cm³/mol. The fourth-order valence-electron chi connectivity index (χ4n) is 1.93. The van der Waals surface area contributed by atoms with Gasteiger partial charge in [-0.2, -0.15) is 0 Å². The lowest BCUT2D eigenvalue weighted by atomic mass is 10.0. The van der Waals surface area contributed by atoms with Crippen LogP contribution in [0.15, 0.2) is 30.6 Å². The van der Waals surface area contributed by atoms with E-state index < -0.39 is 5.97 Å². The molecule has 0 radical (unpaired) electrons. The molecule has 0 aliphatic rings. The molecule has 0 bridgehead atoms. The second kappa shape index (κ2) is 5.04. The van der Waals surface area contributed by atoms with Gasteiger partial charge in [0.2, 0.25) is 0 Å². The average molecular weight is 244 g/mol. The summed E-state index contributed by atoms with van der Waals surface area (Å²) in [6.45, 7) is 4.65. The molecule has 2 rings (SSSR count). The molecule has 0 saturated carbocycles. The van der Waals surface area contributed by atoms with Crippen molar-refractivity contribution in [2.75, 3.05) is 0 Å². The Morgan fingerprint density at radius 2 is 1.94 bits per heavy atom. The number of carboxylic acids is 1. The Balaban J connectivity index is 2.28. The first-order valence-electron chi connectivity index (χ1n) is 5.85. The number of nitrogens with zero attached hydrogens (tertiary/aromatic N) is 2. The first-order valence-corrected chi connectivity index (χ1v) is 5.85. The molecule has 1 aromatic carbocycles. The van der Waals surface area contributed by atoms with Crippen LogP contribution in [0.4, 0.5) is 0 Å². The van der Waals surface area contributed by atoms with E-state index in [2.05, 4.69) is 4.98 Å². The summed E-state index contributed by atoms with van der Waals surface area (Å²) in [5.74, 6) is -0.805. The van der Waals surface area contributed by atoms with Crippen molar-refractivity contribution < 1.29 is 9.90 Å². The minimum absolute atomic E-state index is 0.0584. The summed E-state index contributed by atoms with van der Waals surface area (Å²) in [6.07, 6.45) is 1.85. The first-order chi connectivity index (χ1) is 8.58. The Hall–Kier alpha value is -2.10. The van der Waals surface area contributed by atoms with Gasteiger partial charge in [-0.3, -0.25) is 4.79 Å². The third-order valence-corrected chi connectivity index (χ3v) is 3.15. The molecule has 2 aromatic rings. The van der Waals surface area contributed by atoms with E-state index in [9.17, 15) is 4.79 Å². The fourth-order valence-corrected chi connectivity index (χ4v) is 1.93. The van der Waals surface area contributed by atoms with Crippen LogP contribution in [0, 0.1) is 13.8 Å². The smallest absolute Gasteiger partial charge is 0.307 e. The highest BCUT2D eigenvalue weighted by atomic mass is 16.4. The van der Waals surface area contributed by atoms with Crippen LogP contribution in [-0.2, 0) is 17.8 Å². The molecule has 1 heterocycles. The maximum absolute atomic E-state index is 10.8. The van der Waals surface area contributed by atoms with Crippen LogP contribution in [0.3, 0.4) is 0 Å². The van der Waals surface area contributed by atoms with Crippen molar-refractivity contribution in [1.82, 2.24) is 9.55 Å². The maximum Gasteiger partial charge on any atom is 0.307 e. The van der Waals surface area contributed by atoms with Gasteiger partial charge >= 0.3 is 5.97 Å². The highest BCUT2D eigenvalue weighted by Gasteiger charge is 2.08. The molecule has 1 N–H and O–H groups in total. The van der Waals surface area contributed by atoms with Crippen molar-refractivity contribution in [3.63, 3.8) is 0 Å². The standard InChI is InChI=1S/C14H16N2O2/c1-10-11(2)16(9-15-10)8-13-6-4-3-5-12(13)7-14(17)18/h3-6,9H,7-8H2,1-2H3,(H,17,18). The largest absolute Gasteiger partial charge is 0.481 e. The van der Waals surface area contributed by atoms with E-state index >= 15 is 0 Å². The Morgan fingerprint density at radius 3 is 2.50 bits per heavy atom. The number of hydrogen-bond acceptors (Lipinski definition) is 2. The number of aliphatic carboxylic acids is 1. The Labute approximate surface area is 106 Å². The van der Waals surface area contributed by atoms with E-state index in [1.165, 1.54) is 0 Å². The molecule has 4 nitrogen and oxygen atoms in total. The molecule has 0 saturated heterocycles. The number of aryl methyl sites for hydroxylation is 1. The van der Waals surface area contributed by atoms with E-state index in [0.717, 1.165) is 22.5 Å². The van der Waals surface area contributed by atoms with Gasteiger partial charge in [0.1, 0.15) is 0 Å². The number of rotatable bonds is 4. The minimum atomic E-state index is -0.805. The van der Waals surface area contributed by atoms with E-state index in [0.29, 0.717) is 6.54 Å². The molecule has 0 spiro atoms. The van der Waals surface area contributed by atoms with Gasteiger partial charge < -0.3 is 9.67 Å². The zero-order valence-corrected chi connectivity index (χ0v) is 10.6. The molecular weight excluding hydrogens is 228 g/mol. The summed E-state index contributed by atoms with van der Waals surface area (Å²) in [5.41, 5.74) is 4.00. The van der Waals surface area contributed by atoms with Crippen LogP contribution in [-0.4, -0.2) is 20.6 Å². The Kier molecular flexibility index (Phi) is 3.46. The Morgan fingerprint density at radius 1 is 1.28 bits per heavy atom. The van der Waals surface area contributed by atoms with Crippen LogP contribution in [0.1, 0.15) is 22.5 Å². The summed E-state index contributed by atoms with van der Waals surface area (Å²) in [6, 6.07) is 7.63. The van der Waals surface area contributed by atoms with Crippen molar-refractivity contribution in [2.45, 2.75) is 26.8 Å². The maximum atomic E-state index is 10.8. The summed E-state index contributed by atoms with van der Waals surface area (Å²) >= 11 is 0. The number of carboxylic acid groups (broad SMARTS) is 1. The van der Waals surface area contributed by atoms with E-state index in [-0.39, 0.29) is 6.42 Å². The van der Waals surface area contributed by atoms with Gasteiger partial charge in [-0.1, -0.05) is 24.3 Å². The van der Waals surface area contributed by atoms with Gasteiger partial charge in [0.25, 0.3) is 0 Å². The summed E-state index contributed by atoms with van der Waals surface area (Å²) in [4.78, 5) is 15.1. The average Bonchev–Trinajstić information content (AvgIpc) is 2.63. The molecule has 94 valence electrons. The van der Waals surface area contributed by atoms with Crippen LogP contribution in [0.2, 0.25) is 0 Å². The van der Waals surface area contributed by atoms with Gasteiger partial charge in [-0.15, -0.1) is 0 Å². The molecule has 0 amide bonds. The quantitative estimate of drug-likeness (QED) is 0.896. The van der Waals surface area contributed by atoms with Crippen LogP contribution in [0.25, 0.3) is 0 Å². The molecule has 1 aromatic heterocycles. The Bertz CT molecular complexity index is 573. The van der Waals surface area contributed by atoms with Crippen molar-refractivity contribution in [1.29, 1.82) is 0 Å². The normalized spacial score (nSPS) is 10.6. The number of imidazole rings is 1. The second-order valence-corrected chi connectivity index (χ2v) is 4.38. The highest BCUT2D eigenvalue weighted by molar-refractivity contribution is 5.70. The van der Waals surface area contributed by atoms with Crippen molar-refractivity contribution in [3.05, 3.63) is 53.1 Å². The number of aromatic nitrogens is 2. The first kappa shape index (κ1) is 12.4. The van der Waals surface area contributed by atoms with E-state index in [1.807, 2.05) is 42.7 Å². The lowest BCUT2D eigenvalue weighted by Crippen LogP contribution is -2.07. The van der Waals surface area contributed by atoms with Gasteiger partial charge in [0, 0.05) is 12.2 Å². The second-order valence-electron chi connectivity index (χ2n) is 4.38. The number of benzene rings is 1. The van der Waals surface area contributed by atoms with E-state index in [1.54, 1.807) is 6.33 Å². The fraction of sp³-hybridized carbons (Fsp3) is 0.286. The molecule has 18 heavy (non-hydrogen) atoms. The predicted octanol–water partition coefficient (Wildman–Crippen LogP) is 2.18. The highest BCUT2D eigenvalue weighted by Crippen LogP contribution is 2.14. The molecule has 0 fully saturated rings. The number of carbonyl (C=O) groups is 1. The van der Waals surface area contributed by atoms with E-state index in [4.69, 9.17) is 5.11 Å². The topological polar surface area (TPSA) is 55.1 Å². The van der Waals surface area contributed by atoms with Crippen molar-refractivity contribution in [3.8, 4) is 0 Å². The van der Waals surface area contributed by atoms with Gasteiger partial charge in [0.15, 0.2) is 0 Å². The van der Waals surface area contributed by atoms with Crippen molar-refractivity contribution in [2.24, 2.45) is 0 Å². The molecule has 0 aliphatic carbocycles. The lowest BCUT2D eigenvalue weighted by molar-refractivity contribution is -0.136. The SMILES string of the molecule is Cc1ncn(Cc2ccccc2CC(=O)O)c1C. The number of hydrogen-bond donors (Lipinski definition) is 1. The molecule has 0 unspecified atom stereocenters. The lowest BCUT2D eigenvalue weighted by Gasteiger charge is -2.10. The zero-order chi connectivity index (χ0) is 13.1. The molecule has 0 atom stereocenters. The molecular formula is C14H16N2O2. The minimum Gasteiger partial charge on any atom is -0.481 e. The van der Waals surface area contributed by atoms with Crippen molar-refractivity contribution >= 4 is 5.97 Å². The summed E-state index contributed by atoms with van der Waals surface area (Å²) < 4.78 is 2.04. The summed E-state index contributed by atoms with van der Waals surface area (Å²) in [7, 11) is 0. The zero-order valence-electron chi connectivity index (χ0n) is 10.6. The van der Waals surface area contributed by atoms with Gasteiger partial charge in [-0.05, 0) is 25.0 Å². The van der Waals surface area contributed by atoms with Gasteiger partial charge in [0.05, 0.1) is 18.4 Å². The molecule has 0 aliphatic heterocycles. The monoisotopic (exact) mass is 244 g/mol. The van der Waals surface area contributed by atoms with Gasteiger partial charge in [-0.25, -0.2) is 4.98 Å². The van der Waals surface area contributed by atoms with Crippen LogP contribution < -0.4 is 0 Å². The third kappa shape index (κ3) is 2.59.